The average Bonchev–Trinajstić information content (AvgIpc) is 3.02. The fourth-order valence-corrected chi connectivity index (χ4v) is 3.78. The van der Waals surface area contributed by atoms with Crippen molar-refractivity contribution in [2.75, 3.05) is 25.6 Å². The van der Waals surface area contributed by atoms with Crippen LogP contribution in [0.4, 0.5) is 5.00 Å². The number of methoxy groups -OCH3 is 1. The zero-order valence-electron chi connectivity index (χ0n) is 17.0. The number of carbonyl (C=O) groups excluding carboxylic acids is 2. The van der Waals surface area contributed by atoms with Gasteiger partial charge in [-0.2, -0.15) is 5.26 Å². The lowest BCUT2D eigenvalue weighted by Crippen LogP contribution is -2.12. The van der Waals surface area contributed by atoms with Gasteiger partial charge in [0.25, 0.3) is 0 Å². The van der Waals surface area contributed by atoms with E-state index in [1.54, 1.807) is 21.0 Å². The van der Waals surface area contributed by atoms with Crippen molar-refractivity contribution in [2.24, 2.45) is 0 Å². The van der Waals surface area contributed by atoms with Crippen molar-refractivity contribution in [1.29, 1.82) is 5.26 Å². The maximum Gasteiger partial charge on any atom is 0.348 e. The van der Waals surface area contributed by atoms with Crippen LogP contribution in [0.5, 0.6) is 11.5 Å². The number of rotatable bonds is 9. The van der Waals surface area contributed by atoms with Crippen molar-refractivity contribution >= 4 is 28.2 Å². The molecule has 0 bridgehead atoms. The molecule has 0 spiro atoms. The lowest BCUT2D eigenvalue weighted by atomic mass is 10.1. The average molecular weight is 416 g/mol. The first-order valence-electron chi connectivity index (χ1n) is 9.25. The SMILES string of the molecule is CCOC(=O)c1sc(NC(=O)CCc2ccc(OCC)c(OC)c2)c(C#N)c1C. The number of benzene rings is 1. The summed E-state index contributed by atoms with van der Waals surface area (Å²) in [5, 5.41) is 12.5. The molecule has 0 saturated carbocycles. The van der Waals surface area contributed by atoms with Gasteiger partial charge in [-0.05, 0) is 50.5 Å². The number of esters is 1. The summed E-state index contributed by atoms with van der Waals surface area (Å²) in [6, 6.07) is 7.59. The molecule has 0 aliphatic rings. The van der Waals surface area contributed by atoms with Gasteiger partial charge in [0.05, 0.1) is 25.9 Å². The van der Waals surface area contributed by atoms with Crippen molar-refractivity contribution < 1.29 is 23.8 Å². The van der Waals surface area contributed by atoms with Gasteiger partial charge in [-0.3, -0.25) is 4.79 Å². The smallest absolute Gasteiger partial charge is 0.348 e. The molecule has 1 aromatic heterocycles. The number of ether oxygens (including phenoxy) is 3. The second-order valence-corrected chi connectivity index (χ2v) is 7.08. The van der Waals surface area contributed by atoms with E-state index >= 15 is 0 Å². The van der Waals surface area contributed by atoms with Crippen LogP contribution in [0, 0.1) is 18.3 Å². The van der Waals surface area contributed by atoms with E-state index in [0.717, 1.165) is 16.9 Å². The van der Waals surface area contributed by atoms with E-state index in [9.17, 15) is 14.9 Å². The van der Waals surface area contributed by atoms with Crippen molar-refractivity contribution in [2.45, 2.75) is 33.6 Å². The Morgan fingerprint density at radius 3 is 2.59 bits per heavy atom. The third-order valence-electron chi connectivity index (χ3n) is 4.14. The van der Waals surface area contributed by atoms with E-state index in [1.165, 1.54) is 0 Å². The zero-order valence-corrected chi connectivity index (χ0v) is 17.8. The molecule has 0 atom stereocenters. The third kappa shape index (κ3) is 5.48. The van der Waals surface area contributed by atoms with E-state index in [1.807, 2.05) is 25.1 Å². The van der Waals surface area contributed by atoms with Gasteiger partial charge in [-0.15, -0.1) is 11.3 Å². The van der Waals surface area contributed by atoms with Crippen LogP contribution in [-0.4, -0.2) is 32.2 Å². The molecule has 7 nitrogen and oxygen atoms in total. The number of nitriles is 1. The van der Waals surface area contributed by atoms with Gasteiger partial charge in [0.2, 0.25) is 5.91 Å². The number of anilines is 1. The summed E-state index contributed by atoms with van der Waals surface area (Å²) in [6.45, 7) is 6.05. The Morgan fingerprint density at radius 2 is 1.97 bits per heavy atom. The van der Waals surface area contributed by atoms with Gasteiger partial charge >= 0.3 is 5.97 Å². The molecule has 154 valence electrons. The van der Waals surface area contributed by atoms with E-state index in [4.69, 9.17) is 14.2 Å². The molecule has 0 aliphatic carbocycles. The van der Waals surface area contributed by atoms with E-state index < -0.39 is 5.97 Å². The van der Waals surface area contributed by atoms with Gasteiger partial charge in [0.15, 0.2) is 11.5 Å². The topological polar surface area (TPSA) is 97.7 Å². The normalized spacial score (nSPS) is 10.2. The van der Waals surface area contributed by atoms with Crippen molar-refractivity contribution in [3.8, 4) is 17.6 Å². The van der Waals surface area contributed by atoms with Crippen LogP contribution < -0.4 is 14.8 Å². The molecule has 1 N–H and O–H groups in total. The predicted octanol–water partition coefficient (Wildman–Crippen LogP) is 4.08. The highest BCUT2D eigenvalue weighted by molar-refractivity contribution is 7.18. The van der Waals surface area contributed by atoms with Crippen molar-refractivity contribution in [3.05, 3.63) is 39.8 Å². The summed E-state index contributed by atoms with van der Waals surface area (Å²) < 4.78 is 15.8. The Kier molecular flexibility index (Phi) is 8.04. The molecular weight excluding hydrogens is 392 g/mol. The molecule has 0 unspecified atom stereocenters. The van der Waals surface area contributed by atoms with E-state index in [2.05, 4.69) is 11.4 Å². The molecule has 2 rings (SSSR count). The standard InChI is InChI=1S/C21H24N2O5S/c1-5-27-16-9-7-14(11-17(16)26-4)8-10-18(24)23-20-15(12-22)13(3)19(29-20)21(25)28-6-2/h7,9,11H,5-6,8,10H2,1-4H3,(H,23,24). The number of thiophene rings is 1. The number of amides is 1. The minimum Gasteiger partial charge on any atom is -0.493 e. The number of hydrogen-bond donors (Lipinski definition) is 1. The molecule has 29 heavy (non-hydrogen) atoms. The first-order valence-corrected chi connectivity index (χ1v) is 10.1. The highest BCUT2D eigenvalue weighted by Gasteiger charge is 2.22. The predicted molar refractivity (Wildman–Crippen MR) is 111 cm³/mol. The molecule has 0 saturated heterocycles. The Bertz CT molecular complexity index is 930. The number of carbonyl (C=O) groups is 2. The highest BCUT2D eigenvalue weighted by atomic mass is 32.1. The maximum atomic E-state index is 12.4. The lowest BCUT2D eigenvalue weighted by molar-refractivity contribution is -0.116. The van der Waals surface area contributed by atoms with E-state index in [0.29, 0.717) is 40.0 Å². The van der Waals surface area contributed by atoms with Crippen LogP contribution in [0.1, 0.15) is 46.6 Å². The largest absolute Gasteiger partial charge is 0.493 e. The number of aryl methyl sites for hydroxylation is 1. The van der Waals surface area contributed by atoms with Gasteiger partial charge in [-0.25, -0.2) is 4.79 Å². The Labute approximate surface area is 174 Å². The second kappa shape index (κ2) is 10.5. The molecule has 1 amide bonds. The minimum absolute atomic E-state index is 0.216. The molecule has 0 aliphatic heterocycles. The molecule has 8 heteroatoms. The van der Waals surface area contributed by atoms with Crippen molar-refractivity contribution in [1.82, 2.24) is 0 Å². The molecule has 2 aromatic rings. The van der Waals surface area contributed by atoms with Crippen LogP contribution >= 0.6 is 11.3 Å². The number of nitrogens with zero attached hydrogens (tertiary/aromatic N) is 1. The number of nitrogens with one attached hydrogen (secondary N) is 1. The van der Waals surface area contributed by atoms with Crippen molar-refractivity contribution in [3.63, 3.8) is 0 Å². The quantitative estimate of drug-likeness (QED) is 0.619. The summed E-state index contributed by atoms with van der Waals surface area (Å²) >= 11 is 1.06. The number of hydrogen-bond acceptors (Lipinski definition) is 7. The van der Waals surface area contributed by atoms with Crippen LogP contribution in [0.3, 0.4) is 0 Å². The zero-order chi connectivity index (χ0) is 21.4. The first kappa shape index (κ1) is 22.2. The Balaban J connectivity index is 2.07. The molecule has 0 fully saturated rings. The fraction of sp³-hybridized carbons (Fsp3) is 0.381. The highest BCUT2D eigenvalue weighted by Crippen LogP contribution is 2.33. The maximum absolute atomic E-state index is 12.4. The second-order valence-electron chi connectivity index (χ2n) is 6.06. The van der Waals surface area contributed by atoms with Crippen LogP contribution in [0.15, 0.2) is 18.2 Å². The van der Waals surface area contributed by atoms with Gasteiger partial charge in [0.1, 0.15) is 15.9 Å². The minimum atomic E-state index is -0.492. The Hall–Kier alpha value is -3.05. The molecule has 0 radical (unpaired) electrons. The fourth-order valence-electron chi connectivity index (χ4n) is 2.72. The molecule has 1 heterocycles. The van der Waals surface area contributed by atoms with Crippen LogP contribution in [-0.2, 0) is 16.0 Å². The lowest BCUT2D eigenvalue weighted by Gasteiger charge is -2.11. The third-order valence-corrected chi connectivity index (χ3v) is 5.33. The monoisotopic (exact) mass is 416 g/mol. The summed E-state index contributed by atoms with van der Waals surface area (Å²) in [5.74, 6) is 0.534. The van der Waals surface area contributed by atoms with Gasteiger partial charge < -0.3 is 19.5 Å². The summed E-state index contributed by atoms with van der Waals surface area (Å²) in [5.41, 5.74) is 1.73. The van der Waals surface area contributed by atoms with Gasteiger partial charge in [0, 0.05) is 6.42 Å². The summed E-state index contributed by atoms with van der Waals surface area (Å²) in [7, 11) is 1.57. The first-order chi connectivity index (χ1) is 13.9. The molecular formula is C21H24N2O5S. The van der Waals surface area contributed by atoms with Gasteiger partial charge in [-0.1, -0.05) is 6.07 Å². The Morgan fingerprint density at radius 1 is 1.21 bits per heavy atom. The summed E-state index contributed by atoms with van der Waals surface area (Å²) in [6.07, 6.45) is 0.708. The van der Waals surface area contributed by atoms with Crippen LogP contribution in [0.2, 0.25) is 0 Å². The molecule has 1 aromatic carbocycles. The van der Waals surface area contributed by atoms with E-state index in [-0.39, 0.29) is 24.5 Å². The van der Waals surface area contributed by atoms with Crippen LogP contribution in [0.25, 0.3) is 0 Å². The summed E-state index contributed by atoms with van der Waals surface area (Å²) in [4.78, 5) is 24.8.